The molecule has 0 saturated heterocycles. The van der Waals surface area contributed by atoms with Crippen molar-refractivity contribution in [3.63, 3.8) is 0 Å². The van der Waals surface area contributed by atoms with Crippen molar-refractivity contribution in [2.45, 2.75) is 13.3 Å². The molecule has 0 fully saturated rings. The molecule has 5 aromatic rings. The van der Waals surface area contributed by atoms with Crippen molar-refractivity contribution >= 4 is 22.4 Å². The summed E-state index contributed by atoms with van der Waals surface area (Å²) in [7, 11) is 0. The molecule has 0 atom stereocenters. The van der Waals surface area contributed by atoms with Crippen molar-refractivity contribution in [3.8, 4) is 22.9 Å². The topological polar surface area (TPSA) is 80.5 Å². The first-order valence-electron chi connectivity index (χ1n) is 8.51. The van der Waals surface area contributed by atoms with E-state index in [0.29, 0.717) is 18.1 Å². The average Bonchev–Trinajstić information content (AvgIpc) is 3.43. The van der Waals surface area contributed by atoms with E-state index >= 15 is 0 Å². The van der Waals surface area contributed by atoms with Gasteiger partial charge in [-0.05, 0) is 30.7 Å². The largest absolute Gasteiger partial charge is 0.339 e. The highest BCUT2D eigenvalue weighted by atomic mass is 32.1. The van der Waals surface area contributed by atoms with Gasteiger partial charge in [0, 0.05) is 10.9 Å². The summed E-state index contributed by atoms with van der Waals surface area (Å²) in [6.07, 6.45) is 0.619. The molecule has 0 radical (unpaired) electrons. The number of hydrogen-bond donors (Lipinski definition) is 1. The van der Waals surface area contributed by atoms with E-state index in [0.717, 1.165) is 33.7 Å². The van der Waals surface area contributed by atoms with Gasteiger partial charge in [-0.15, -0.1) is 11.3 Å². The maximum Gasteiger partial charge on any atom is 0.231 e. The monoisotopic (exact) mass is 373 g/mol. The van der Waals surface area contributed by atoms with Crippen molar-refractivity contribution < 1.29 is 4.52 Å². The molecule has 5 rings (SSSR count). The van der Waals surface area contributed by atoms with Crippen molar-refractivity contribution in [1.82, 2.24) is 25.1 Å². The number of aromatic nitrogens is 5. The number of nitrogens with one attached hydrogen (secondary N) is 1. The summed E-state index contributed by atoms with van der Waals surface area (Å²) in [5.41, 5.74) is 7.70. The molecule has 0 unspecified atom stereocenters. The third kappa shape index (κ3) is 3.13. The van der Waals surface area contributed by atoms with Gasteiger partial charge in [0.25, 0.3) is 0 Å². The van der Waals surface area contributed by atoms with E-state index in [2.05, 4.69) is 56.3 Å². The Morgan fingerprint density at radius 2 is 1.96 bits per heavy atom. The lowest BCUT2D eigenvalue weighted by atomic mass is 10.1. The molecule has 0 aliphatic heterocycles. The molecule has 0 saturated carbocycles. The smallest absolute Gasteiger partial charge is 0.231 e. The van der Waals surface area contributed by atoms with Crippen LogP contribution in [-0.4, -0.2) is 25.1 Å². The fourth-order valence-electron chi connectivity index (χ4n) is 2.92. The van der Waals surface area contributed by atoms with Gasteiger partial charge in [0.05, 0.1) is 23.0 Å². The predicted molar refractivity (Wildman–Crippen MR) is 104 cm³/mol. The van der Waals surface area contributed by atoms with Gasteiger partial charge in [0.15, 0.2) is 5.82 Å². The Bertz CT molecular complexity index is 1210. The second-order valence-electron chi connectivity index (χ2n) is 6.37. The molecule has 132 valence electrons. The number of benzene rings is 2. The van der Waals surface area contributed by atoms with Crippen LogP contribution in [0.25, 0.3) is 33.9 Å². The van der Waals surface area contributed by atoms with E-state index in [1.54, 1.807) is 16.8 Å². The number of aromatic amines is 1. The quantitative estimate of drug-likeness (QED) is 0.496. The molecule has 2 aromatic carbocycles. The number of rotatable bonds is 4. The van der Waals surface area contributed by atoms with Gasteiger partial charge in [-0.1, -0.05) is 35.0 Å². The van der Waals surface area contributed by atoms with E-state index in [4.69, 9.17) is 4.52 Å². The molecule has 6 nitrogen and oxygen atoms in total. The van der Waals surface area contributed by atoms with Gasteiger partial charge in [-0.25, -0.2) is 9.97 Å². The van der Waals surface area contributed by atoms with Crippen LogP contribution in [0.1, 0.15) is 17.0 Å². The second kappa shape index (κ2) is 6.44. The lowest BCUT2D eigenvalue weighted by Crippen LogP contribution is -1.88. The van der Waals surface area contributed by atoms with Crippen LogP contribution in [0.3, 0.4) is 0 Å². The highest BCUT2D eigenvalue weighted by molar-refractivity contribution is 7.07. The molecule has 3 heterocycles. The lowest BCUT2D eigenvalue weighted by molar-refractivity contribution is 0.385. The van der Waals surface area contributed by atoms with Gasteiger partial charge in [0.2, 0.25) is 11.7 Å². The number of fused-ring (bicyclic) bond motifs is 1. The minimum Gasteiger partial charge on any atom is -0.339 e. The number of thiazole rings is 1. The zero-order valence-electron chi connectivity index (χ0n) is 14.5. The number of hydrogen-bond acceptors (Lipinski definition) is 6. The highest BCUT2D eigenvalue weighted by Gasteiger charge is 2.12. The van der Waals surface area contributed by atoms with Crippen molar-refractivity contribution in [2.24, 2.45) is 0 Å². The first-order chi connectivity index (χ1) is 13.2. The summed E-state index contributed by atoms with van der Waals surface area (Å²) in [6, 6.07) is 14.2. The normalized spacial score (nSPS) is 11.3. The molecule has 0 aliphatic rings. The van der Waals surface area contributed by atoms with Crippen molar-refractivity contribution in [2.75, 3.05) is 0 Å². The Kier molecular flexibility index (Phi) is 3.79. The van der Waals surface area contributed by atoms with Crippen LogP contribution in [0, 0.1) is 6.92 Å². The van der Waals surface area contributed by atoms with Crippen LogP contribution >= 0.6 is 11.3 Å². The van der Waals surface area contributed by atoms with Gasteiger partial charge in [-0.3, -0.25) is 0 Å². The number of H-pyrrole nitrogens is 1. The number of nitrogens with zero attached hydrogens (tertiary/aromatic N) is 4. The molecule has 0 bridgehead atoms. The van der Waals surface area contributed by atoms with Crippen molar-refractivity contribution in [1.29, 1.82) is 0 Å². The summed E-state index contributed by atoms with van der Waals surface area (Å²) in [6.45, 7) is 2.07. The number of aryl methyl sites for hydroxylation is 1. The molecule has 0 aliphatic carbocycles. The maximum absolute atomic E-state index is 5.43. The first-order valence-corrected chi connectivity index (χ1v) is 9.46. The van der Waals surface area contributed by atoms with Crippen LogP contribution in [-0.2, 0) is 6.42 Å². The fourth-order valence-corrected chi connectivity index (χ4v) is 3.46. The van der Waals surface area contributed by atoms with Gasteiger partial charge in [-0.2, -0.15) is 4.98 Å². The van der Waals surface area contributed by atoms with Crippen LogP contribution in [0.4, 0.5) is 0 Å². The summed E-state index contributed by atoms with van der Waals surface area (Å²) >= 11 is 1.54. The zero-order valence-corrected chi connectivity index (χ0v) is 15.3. The van der Waals surface area contributed by atoms with Crippen LogP contribution in [0.2, 0.25) is 0 Å². The van der Waals surface area contributed by atoms with E-state index < -0.39 is 0 Å². The first kappa shape index (κ1) is 15.9. The van der Waals surface area contributed by atoms with E-state index in [9.17, 15) is 0 Å². The molecular formula is C20H15N5OS. The third-order valence-corrected chi connectivity index (χ3v) is 4.95. The molecule has 3 aromatic heterocycles. The molecule has 0 amide bonds. The van der Waals surface area contributed by atoms with Crippen LogP contribution in [0.5, 0.6) is 0 Å². The van der Waals surface area contributed by atoms with Gasteiger partial charge in [0.1, 0.15) is 5.69 Å². The SMILES string of the molecule is Cc1ccc(Cc2nc(-c3ccc4nc(-c5cscn5)[nH]c4c3)no2)cc1. The molecule has 7 heteroatoms. The Balaban J connectivity index is 1.43. The minimum absolute atomic E-state index is 0.573. The van der Waals surface area contributed by atoms with Crippen molar-refractivity contribution in [3.05, 3.63) is 70.4 Å². The molecule has 27 heavy (non-hydrogen) atoms. The number of imidazole rings is 1. The zero-order chi connectivity index (χ0) is 18.2. The summed E-state index contributed by atoms with van der Waals surface area (Å²) in [4.78, 5) is 16.7. The molecular weight excluding hydrogens is 358 g/mol. The van der Waals surface area contributed by atoms with Crippen LogP contribution in [0.15, 0.2) is 57.9 Å². The van der Waals surface area contributed by atoms with E-state index in [1.165, 1.54) is 5.56 Å². The van der Waals surface area contributed by atoms with E-state index in [1.807, 2.05) is 23.6 Å². The fraction of sp³-hybridized carbons (Fsp3) is 0.100. The highest BCUT2D eigenvalue weighted by Crippen LogP contribution is 2.25. The van der Waals surface area contributed by atoms with Gasteiger partial charge < -0.3 is 9.51 Å². The Hall–Kier alpha value is -3.32. The molecule has 1 N–H and O–H groups in total. The van der Waals surface area contributed by atoms with Crippen LogP contribution < -0.4 is 0 Å². The Labute approximate surface area is 158 Å². The summed E-state index contributed by atoms with van der Waals surface area (Å²) in [5.74, 6) is 1.93. The maximum atomic E-state index is 5.43. The lowest BCUT2D eigenvalue weighted by Gasteiger charge is -1.97. The second-order valence-corrected chi connectivity index (χ2v) is 7.08. The third-order valence-electron chi connectivity index (χ3n) is 4.36. The predicted octanol–water partition coefficient (Wildman–Crippen LogP) is 4.64. The standard InChI is InChI=1S/C20H15N5OS/c1-12-2-4-13(5-3-12)8-18-24-19(25-26-18)14-6-7-15-16(9-14)23-20(22-15)17-10-27-11-21-17/h2-7,9-11H,8H2,1H3,(H,22,23). The van der Waals surface area contributed by atoms with E-state index in [-0.39, 0.29) is 0 Å². The van der Waals surface area contributed by atoms with Gasteiger partial charge >= 0.3 is 0 Å². The summed E-state index contributed by atoms with van der Waals surface area (Å²) < 4.78 is 5.43. The minimum atomic E-state index is 0.573. The Morgan fingerprint density at radius 3 is 2.78 bits per heavy atom. The Morgan fingerprint density at radius 1 is 1.07 bits per heavy atom. The average molecular weight is 373 g/mol. The molecule has 0 spiro atoms. The summed E-state index contributed by atoms with van der Waals surface area (Å²) in [5, 5.41) is 6.10.